The summed E-state index contributed by atoms with van der Waals surface area (Å²) in [5.74, 6) is -0.246. The highest BCUT2D eigenvalue weighted by molar-refractivity contribution is 5.90. The summed E-state index contributed by atoms with van der Waals surface area (Å²) >= 11 is 0. The Hall–Kier alpha value is -4.46. The zero-order valence-electron chi connectivity index (χ0n) is 18.0. The molecule has 8 heteroatoms. The van der Waals surface area contributed by atoms with E-state index in [9.17, 15) is 19.8 Å². The van der Waals surface area contributed by atoms with Crippen molar-refractivity contribution in [1.29, 1.82) is 0 Å². The van der Waals surface area contributed by atoms with E-state index in [0.29, 0.717) is 34.4 Å². The lowest BCUT2D eigenvalue weighted by Crippen LogP contribution is -2.14. The monoisotopic (exact) mass is 446 g/mol. The predicted molar refractivity (Wildman–Crippen MR) is 126 cm³/mol. The fraction of sp³-hybridized carbons (Fsp3) is 0.120. The molecule has 33 heavy (non-hydrogen) atoms. The largest absolute Gasteiger partial charge is 0.504 e. The van der Waals surface area contributed by atoms with Gasteiger partial charge in [-0.2, -0.15) is 0 Å². The molecule has 4 rings (SSSR count). The third-order valence-electron chi connectivity index (χ3n) is 5.32. The Balaban J connectivity index is 1.65. The molecule has 0 radical (unpaired) electrons. The standard InChI is InChI=1S/C25H22N2O6/c1-32-21-9-6-14(10-18(21)15-4-3-5-17(11-15)25(30)31)13-26-19-12-16-7-8-20(28)23(33-2)22(16)27-24(19)29/h3-12,26,28H,13H2,1-2H3,(H,27,29)(H,30,31). The third kappa shape index (κ3) is 4.31. The summed E-state index contributed by atoms with van der Waals surface area (Å²) in [4.78, 5) is 26.7. The molecule has 0 amide bonds. The van der Waals surface area contributed by atoms with Gasteiger partial charge in [-0.15, -0.1) is 0 Å². The van der Waals surface area contributed by atoms with Crippen LogP contribution in [0.15, 0.2) is 65.5 Å². The second-order valence-corrected chi connectivity index (χ2v) is 7.37. The number of aromatic nitrogens is 1. The molecule has 168 valence electrons. The fourth-order valence-corrected chi connectivity index (χ4v) is 3.68. The minimum atomic E-state index is -1.01. The number of H-pyrrole nitrogens is 1. The lowest BCUT2D eigenvalue weighted by Gasteiger charge is -2.13. The van der Waals surface area contributed by atoms with Gasteiger partial charge in [0.25, 0.3) is 5.56 Å². The molecule has 1 aromatic heterocycles. The molecular weight excluding hydrogens is 424 g/mol. The minimum Gasteiger partial charge on any atom is -0.504 e. The van der Waals surface area contributed by atoms with Crippen molar-refractivity contribution in [2.45, 2.75) is 6.54 Å². The Morgan fingerprint density at radius 1 is 1.03 bits per heavy atom. The number of carboxylic acid groups (broad SMARTS) is 1. The molecule has 0 unspecified atom stereocenters. The number of carboxylic acids is 1. The van der Waals surface area contributed by atoms with Crippen molar-refractivity contribution < 1.29 is 24.5 Å². The van der Waals surface area contributed by atoms with Crippen LogP contribution in [0.25, 0.3) is 22.0 Å². The molecule has 4 aromatic rings. The number of pyridine rings is 1. The maximum Gasteiger partial charge on any atom is 0.335 e. The quantitative estimate of drug-likeness (QED) is 0.335. The molecule has 0 bridgehead atoms. The first kappa shape index (κ1) is 21.8. The lowest BCUT2D eigenvalue weighted by molar-refractivity contribution is 0.0697. The number of hydrogen-bond donors (Lipinski definition) is 4. The van der Waals surface area contributed by atoms with E-state index in [4.69, 9.17) is 9.47 Å². The number of fused-ring (bicyclic) bond motifs is 1. The van der Waals surface area contributed by atoms with Crippen LogP contribution in [-0.2, 0) is 6.54 Å². The minimum absolute atomic E-state index is 0.0564. The first-order chi connectivity index (χ1) is 15.9. The second kappa shape index (κ2) is 8.96. The number of aromatic amines is 1. The van der Waals surface area contributed by atoms with Gasteiger partial charge in [-0.3, -0.25) is 4.79 Å². The maximum absolute atomic E-state index is 12.6. The van der Waals surface area contributed by atoms with Crippen molar-refractivity contribution in [1.82, 2.24) is 4.98 Å². The summed E-state index contributed by atoms with van der Waals surface area (Å²) in [6.07, 6.45) is 0. The number of carbonyl (C=O) groups is 1. The number of nitrogens with one attached hydrogen (secondary N) is 2. The summed E-state index contributed by atoms with van der Waals surface area (Å²) in [5.41, 5.74) is 2.93. The highest BCUT2D eigenvalue weighted by atomic mass is 16.5. The van der Waals surface area contributed by atoms with Gasteiger partial charge in [0, 0.05) is 17.5 Å². The van der Waals surface area contributed by atoms with Crippen LogP contribution in [0.1, 0.15) is 15.9 Å². The molecule has 0 fully saturated rings. The van der Waals surface area contributed by atoms with E-state index < -0.39 is 5.97 Å². The van der Waals surface area contributed by atoms with E-state index in [1.807, 2.05) is 18.2 Å². The molecule has 1 heterocycles. The van der Waals surface area contributed by atoms with Gasteiger partial charge in [0.15, 0.2) is 11.5 Å². The number of methoxy groups -OCH3 is 2. The van der Waals surface area contributed by atoms with Gasteiger partial charge < -0.3 is 30.0 Å². The van der Waals surface area contributed by atoms with Crippen molar-refractivity contribution in [3.63, 3.8) is 0 Å². The Kier molecular flexibility index (Phi) is 5.91. The Bertz CT molecular complexity index is 1410. The van der Waals surface area contributed by atoms with Gasteiger partial charge in [-0.1, -0.05) is 18.2 Å². The van der Waals surface area contributed by atoms with Crippen molar-refractivity contribution in [2.75, 3.05) is 19.5 Å². The SMILES string of the molecule is COc1ccc(CNc2cc3ccc(O)c(OC)c3[nH]c2=O)cc1-c1cccc(C(=O)O)c1. The van der Waals surface area contributed by atoms with Gasteiger partial charge in [0.2, 0.25) is 0 Å². The number of phenols is 1. The molecule has 0 saturated heterocycles. The fourth-order valence-electron chi connectivity index (χ4n) is 3.68. The second-order valence-electron chi connectivity index (χ2n) is 7.37. The number of aromatic hydroxyl groups is 1. The zero-order chi connectivity index (χ0) is 23.5. The summed E-state index contributed by atoms with van der Waals surface area (Å²) in [6.45, 7) is 0.347. The Morgan fingerprint density at radius 2 is 1.85 bits per heavy atom. The van der Waals surface area contributed by atoms with Crippen LogP contribution in [0.2, 0.25) is 0 Å². The zero-order valence-corrected chi connectivity index (χ0v) is 18.0. The third-order valence-corrected chi connectivity index (χ3v) is 5.32. The number of ether oxygens (including phenoxy) is 2. The van der Waals surface area contributed by atoms with Crippen LogP contribution in [0, 0.1) is 0 Å². The van der Waals surface area contributed by atoms with Crippen molar-refractivity contribution in [3.8, 4) is 28.4 Å². The molecule has 4 N–H and O–H groups in total. The van der Waals surface area contributed by atoms with Crippen LogP contribution >= 0.6 is 0 Å². The van der Waals surface area contributed by atoms with Crippen LogP contribution in [0.3, 0.4) is 0 Å². The van der Waals surface area contributed by atoms with E-state index in [1.165, 1.54) is 19.2 Å². The summed E-state index contributed by atoms with van der Waals surface area (Å²) in [7, 11) is 2.98. The van der Waals surface area contributed by atoms with Gasteiger partial charge in [0.05, 0.1) is 25.3 Å². The summed E-state index contributed by atoms with van der Waals surface area (Å²) < 4.78 is 10.7. The molecule has 3 aromatic carbocycles. The van der Waals surface area contributed by atoms with Crippen molar-refractivity contribution >= 4 is 22.6 Å². The number of aromatic carboxylic acids is 1. The molecule has 8 nitrogen and oxygen atoms in total. The van der Waals surface area contributed by atoms with E-state index in [2.05, 4.69) is 10.3 Å². The van der Waals surface area contributed by atoms with Gasteiger partial charge in [0.1, 0.15) is 11.4 Å². The molecule has 0 atom stereocenters. The number of benzene rings is 3. The van der Waals surface area contributed by atoms with E-state index in [1.54, 1.807) is 37.4 Å². The van der Waals surface area contributed by atoms with Crippen LogP contribution in [-0.4, -0.2) is 35.4 Å². The van der Waals surface area contributed by atoms with Crippen LogP contribution < -0.4 is 20.3 Å². The lowest BCUT2D eigenvalue weighted by atomic mass is 10.00. The molecule has 0 aliphatic heterocycles. The number of rotatable bonds is 7. The predicted octanol–water partition coefficient (Wildman–Crippen LogP) is 4.23. The number of phenolic OH excluding ortho intramolecular Hbond substituents is 1. The Morgan fingerprint density at radius 3 is 2.58 bits per heavy atom. The van der Waals surface area contributed by atoms with Gasteiger partial charge in [-0.05, 0) is 53.6 Å². The van der Waals surface area contributed by atoms with Crippen LogP contribution in [0.5, 0.6) is 17.2 Å². The maximum atomic E-state index is 12.6. The Labute approximate surface area is 189 Å². The highest BCUT2D eigenvalue weighted by Crippen LogP contribution is 2.34. The molecule has 0 saturated carbocycles. The van der Waals surface area contributed by atoms with Gasteiger partial charge >= 0.3 is 5.97 Å². The summed E-state index contributed by atoms with van der Waals surface area (Å²) in [5, 5.41) is 23.1. The first-order valence-corrected chi connectivity index (χ1v) is 10.1. The van der Waals surface area contributed by atoms with E-state index in [-0.39, 0.29) is 22.6 Å². The average molecular weight is 446 g/mol. The van der Waals surface area contributed by atoms with Crippen molar-refractivity contribution in [2.24, 2.45) is 0 Å². The molecular formula is C25H22N2O6. The topological polar surface area (TPSA) is 121 Å². The molecule has 0 aliphatic carbocycles. The smallest absolute Gasteiger partial charge is 0.335 e. The average Bonchev–Trinajstić information content (AvgIpc) is 2.82. The normalized spacial score (nSPS) is 10.7. The summed E-state index contributed by atoms with van der Waals surface area (Å²) in [6, 6.07) is 17.1. The van der Waals surface area contributed by atoms with E-state index >= 15 is 0 Å². The van der Waals surface area contributed by atoms with E-state index in [0.717, 1.165) is 11.1 Å². The van der Waals surface area contributed by atoms with Crippen LogP contribution in [0.4, 0.5) is 5.69 Å². The first-order valence-electron chi connectivity index (χ1n) is 10.1. The van der Waals surface area contributed by atoms with Gasteiger partial charge in [-0.25, -0.2) is 4.79 Å². The molecule has 0 spiro atoms. The molecule has 0 aliphatic rings. The van der Waals surface area contributed by atoms with Crippen molar-refractivity contribution in [3.05, 3.63) is 82.1 Å². The highest BCUT2D eigenvalue weighted by Gasteiger charge is 2.13. The number of anilines is 1. The number of hydrogen-bond acceptors (Lipinski definition) is 6.